The van der Waals surface area contributed by atoms with E-state index in [1.807, 2.05) is 0 Å². The highest BCUT2D eigenvalue weighted by atomic mass is 16.7. The van der Waals surface area contributed by atoms with Crippen LogP contribution in [-0.2, 0) is 19.0 Å². The Kier molecular flexibility index (Phi) is 6.09. The van der Waals surface area contributed by atoms with Crippen LogP contribution < -0.4 is 0 Å². The van der Waals surface area contributed by atoms with E-state index in [-0.39, 0.29) is 0 Å². The molecule has 2 aliphatic heterocycles. The Bertz CT molecular complexity index is 444. The van der Waals surface area contributed by atoms with Gasteiger partial charge in [-0.05, 0) is 0 Å². The van der Waals surface area contributed by atoms with Crippen molar-refractivity contribution in [3.63, 3.8) is 0 Å². The van der Waals surface area contributed by atoms with Crippen LogP contribution in [0.1, 0.15) is 0 Å². The zero-order chi connectivity index (χ0) is 18.2. The highest BCUT2D eigenvalue weighted by molar-refractivity contribution is 5.73. The predicted octanol–water partition coefficient (Wildman–Crippen LogP) is -5.30. The fraction of sp³-hybridized carbons (Fsp3) is 0.917. The van der Waals surface area contributed by atoms with Crippen LogP contribution in [0.3, 0.4) is 0 Å². The predicted molar refractivity (Wildman–Crippen MR) is 69.2 cm³/mol. The lowest BCUT2D eigenvalue weighted by molar-refractivity contribution is -0.351. The molecule has 12 heteroatoms. The van der Waals surface area contributed by atoms with E-state index in [4.69, 9.17) is 19.3 Å². The minimum atomic E-state index is -1.93. The second-order valence-electron chi connectivity index (χ2n) is 5.56. The Morgan fingerprint density at radius 2 is 1.50 bits per heavy atom. The normalized spacial score (nSPS) is 49.8. The Morgan fingerprint density at radius 3 is 2.04 bits per heavy atom. The van der Waals surface area contributed by atoms with Gasteiger partial charge in [0, 0.05) is 0 Å². The molecule has 140 valence electrons. The first kappa shape index (κ1) is 19.4. The molecule has 24 heavy (non-hydrogen) atoms. The molecule has 2 rings (SSSR count). The third-order valence-corrected chi connectivity index (χ3v) is 3.94. The van der Waals surface area contributed by atoms with E-state index in [1.165, 1.54) is 0 Å². The SMILES string of the molecule is O=C(O)[C@H]1O[C@@H](O[C@H]2[C@H](O)[C@@H](O)C(O)O[C@@H]2CO)[C@H](O)[C@@H](O)[C@@H]1O. The van der Waals surface area contributed by atoms with Crippen molar-refractivity contribution >= 4 is 5.97 Å². The maximum Gasteiger partial charge on any atom is 0.335 e. The number of ether oxygens (including phenoxy) is 3. The molecule has 0 aliphatic carbocycles. The van der Waals surface area contributed by atoms with Crippen LogP contribution in [0.25, 0.3) is 0 Å². The Labute approximate surface area is 135 Å². The molecule has 0 radical (unpaired) electrons. The second-order valence-corrected chi connectivity index (χ2v) is 5.56. The summed E-state index contributed by atoms with van der Waals surface area (Å²) in [7, 11) is 0. The molecule has 10 atom stereocenters. The van der Waals surface area contributed by atoms with Crippen LogP contribution in [0, 0.1) is 0 Å². The molecule has 0 saturated carbocycles. The van der Waals surface area contributed by atoms with Crippen molar-refractivity contribution in [1.82, 2.24) is 0 Å². The number of hydrogen-bond donors (Lipinski definition) is 8. The molecule has 2 saturated heterocycles. The third kappa shape index (κ3) is 3.52. The zero-order valence-electron chi connectivity index (χ0n) is 12.2. The number of aliphatic hydroxyl groups is 7. The van der Waals surface area contributed by atoms with E-state index < -0.39 is 74.0 Å². The molecular weight excluding hydrogens is 336 g/mol. The summed E-state index contributed by atoms with van der Waals surface area (Å²) in [4.78, 5) is 11.0. The van der Waals surface area contributed by atoms with Crippen molar-refractivity contribution < 1.29 is 59.9 Å². The molecule has 2 aliphatic rings. The van der Waals surface area contributed by atoms with Crippen molar-refractivity contribution in [2.45, 2.75) is 61.4 Å². The number of carboxylic acids is 1. The first-order chi connectivity index (χ1) is 11.2. The maximum atomic E-state index is 11.0. The molecule has 0 spiro atoms. The van der Waals surface area contributed by atoms with Crippen molar-refractivity contribution in [3.8, 4) is 0 Å². The van der Waals surface area contributed by atoms with Gasteiger partial charge in [0.05, 0.1) is 6.61 Å². The molecule has 2 heterocycles. The third-order valence-electron chi connectivity index (χ3n) is 3.94. The van der Waals surface area contributed by atoms with Crippen molar-refractivity contribution in [2.24, 2.45) is 0 Å². The first-order valence-electron chi connectivity index (χ1n) is 7.07. The van der Waals surface area contributed by atoms with E-state index in [0.29, 0.717) is 0 Å². The highest BCUT2D eigenvalue weighted by Crippen LogP contribution is 2.28. The maximum absolute atomic E-state index is 11.0. The fourth-order valence-corrected chi connectivity index (χ4v) is 2.55. The van der Waals surface area contributed by atoms with Crippen LogP contribution in [0.4, 0.5) is 0 Å². The number of aliphatic hydroxyl groups excluding tert-OH is 7. The molecule has 2 fully saturated rings. The van der Waals surface area contributed by atoms with Gasteiger partial charge in [0.15, 0.2) is 18.7 Å². The van der Waals surface area contributed by atoms with Crippen LogP contribution in [-0.4, -0.2) is 115 Å². The number of hydrogen-bond acceptors (Lipinski definition) is 11. The van der Waals surface area contributed by atoms with Crippen LogP contribution in [0.15, 0.2) is 0 Å². The Hall–Kier alpha value is -0.930. The van der Waals surface area contributed by atoms with Gasteiger partial charge in [-0.3, -0.25) is 0 Å². The van der Waals surface area contributed by atoms with E-state index in [2.05, 4.69) is 0 Å². The van der Waals surface area contributed by atoms with E-state index >= 15 is 0 Å². The smallest absolute Gasteiger partial charge is 0.335 e. The van der Waals surface area contributed by atoms with Gasteiger partial charge in [0.25, 0.3) is 0 Å². The van der Waals surface area contributed by atoms with Crippen LogP contribution >= 0.6 is 0 Å². The number of rotatable bonds is 4. The van der Waals surface area contributed by atoms with Gasteiger partial charge < -0.3 is 55.1 Å². The lowest BCUT2D eigenvalue weighted by Crippen LogP contribution is -2.64. The van der Waals surface area contributed by atoms with Gasteiger partial charge in [-0.15, -0.1) is 0 Å². The van der Waals surface area contributed by atoms with Gasteiger partial charge in [0.1, 0.15) is 42.7 Å². The van der Waals surface area contributed by atoms with Gasteiger partial charge in [-0.2, -0.15) is 0 Å². The summed E-state index contributed by atoms with van der Waals surface area (Å²) in [6, 6.07) is 0. The molecule has 0 bridgehead atoms. The Balaban J connectivity index is 2.16. The number of aliphatic carboxylic acids is 1. The van der Waals surface area contributed by atoms with Crippen LogP contribution in [0.5, 0.6) is 0 Å². The molecule has 0 aromatic heterocycles. The summed E-state index contributed by atoms with van der Waals surface area (Å²) < 4.78 is 14.9. The van der Waals surface area contributed by atoms with Crippen LogP contribution in [0.2, 0.25) is 0 Å². The quantitative estimate of drug-likeness (QED) is 0.238. The number of carbonyl (C=O) groups is 1. The van der Waals surface area contributed by atoms with E-state index in [9.17, 15) is 40.5 Å². The largest absolute Gasteiger partial charge is 0.479 e. The van der Waals surface area contributed by atoms with Gasteiger partial charge in [0.2, 0.25) is 0 Å². The van der Waals surface area contributed by atoms with Gasteiger partial charge in [-0.1, -0.05) is 0 Å². The standard InChI is InChI=1S/C12H20O12/c13-1-2-8(5(16)6(17)11(21)22-2)23-12-7(18)3(14)4(15)9(24-12)10(19)20/h2-9,11-18,21H,1H2,(H,19,20)/t2-,3+,4+,5-,6-,7-,8-,9+,11?,12-/m1/s1. The molecule has 1 unspecified atom stereocenters. The van der Waals surface area contributed by atoms with Gasteiger partial charge >= 0.3 is 5.97 Å². The summed E-state index contributed by atoms with van der Waals surface area (Å²) in [6.45, 7) is -0.748. The first-order valence-corrected chi connectivity index (χ1v) is 7.07. The summed E-state index contributed by atoms with van der Waals surface area (Å²) in [6.07, 6.45) is -17.7. The summed E-state index contributed by atoms with van der Waals surface area (Å²) in [5.74, 6) is -1.63. The average Bonchev–Trinajstić information content (AvgIpc) is 2.54. The minimum absolute atomic E-state index is 0.748. The minimum Gasteiger partial charge on any atom is -0.479 e. The molecular formula is C12H20O12. The molecule has 0 aromatic rings. The Morgan fingerprint density at radius 1 is 0.875 bits per heavy atom. The number of carboxylic acid groups (broad SMARTS) is 1. The van der Waals surface area contributed by atoms with E-state index in [1.54, 1.807) is 0 Å². The molecule has 0 aromatic carbocycles. The summed E-state index contributed by atoms with van der Waals surface area (Å²) in [5.41, 5.74) is 0. The molecule has 12 nitrogen and oxygen atoms in total. The topological polar surface area (TPSA) is 207 Å². The summed E-state index contributed by atoms with van der Waals surface area (Å²) in [5, 5.41) is 76.2. The lowest BCUT2D eigenvalue weighted by Gasteiger charge is -2.44. The van der Waals surface area contributed by atoms with Crippen molar-refractivity contribution in [3.05, 3.63) is 0 Å². The summed E-state index contributed by atoms with van der Waals surface area (Å²) >= 11 is 0. The van der Waals surface area contributed by atoms with Crippen molar-refractivity contribution in [2.75, 3.05) is 6.61 Å². The zero-order valence-corrected chi connectivity index (χ0v) is 12.2. The lowest BCUT2D eigenvalue weighted by atomic mass is 9.97. The van der Waals surface area contributed by atoms with E-state index in [0.717, 1.165) is 0 Å². The van der Waals surface area contributed by atoms with Crippen molar-refractivity contribution in [1.29, 1.82) is 0 Å². The highest BCUT2D eigenvalue weighted by Gasteiger charge is 2.51. The van der Waals surface area contributed by atoms with Gasteiger partial charge in [-0.25, -0.2) is 4.79 Å². The molecule has 0 amide bonds. The average molecular weight is 356 g/mol. The fourth-order valence-electron chi connectivity index (χ4n) is 2.55. The monoisotopic (exact) mass is 356 g/mol. The second kappa shape index (κ2) is 7.53. The molecule has 8 N–H and O–H groups in total.